The number of carboxylic acid groups (broad SMARTS) is 1. The molecule has 0 saturated heterocycles. The molecule has 1 unspecified atom stereocenters. The highest BCUT2D eigenvalue weighted by Gasteiger charge is 2.23. The summed E-state index contributed by atoms with van der Waals surface area (Å²) < 4.78 is 0. The van der Waals surface area contributed by atoms with Gasteiger partial charge in [-0.05, 0) is 42.5 Å². The third-order valence-electron chi connectivity index (χ3n) is 4.31. The van der Waals surface area contributed by atoms with E-state index in [2.05, 4.69) is 23.8 Å². The molecule has 0 aliphatic rings. The summed E-state index contributed by atoms with van der Waals surface area (Å²) in [5.74, 6) is 0.668. The van der Waals surface area contributed by atoms with Crippen LogP contribution < -0.4 is 5.73 Å². The molecule has 1 aromatic heterocycles. The number of carbonyl (C=O) groups is 1. The molecule has 0 bridgehead atoms. The van der Waals surface area contributed by atoms with Crippen molar-refractivity contribution in [1.29, 1.82) is 0 Å². The van der Waals surface area contributed by atoms with E-state index in [4.69, 9.17) is 34.0 Å². The van der Waals surface area contributed by atoms with E-state index in [1.54, 1.807) is 36.3 Å². The molecule has 2 aromatic rings. The quantitative estimate of drug-likeness (QED) is 0.382. The highest BCUT2D eigenvalue weighted by Crippen LogP contribution is 2.31. The number of aliphatic carboxylic acids is 1. The molecule has 5 nitrogen and oxygen atoms in total. The van der Waals surface area contributed by atoms with Gasteiger partial charge >= 0.3 is 5.97 Å². The normalized spacial score (nSPS) is 11.5. The largest absolute Gasteiger partial charge is 0.480 e. The summed E-state index contributed by atoms with van der Waals surface area (Å²) in [6, 6.07) is 4.50. The Morgan fingerprint density at radius 3 is 2.29 bits per heavy atom. The minimum Gasteiger partial charge on any atom is -0.480 e. The molecule has 0 spiro atoms. The van der Waals surface area contributed by atoms with Crippen molar-refractivity contribution in [1.82, 2.24) is 9.97 Å². The Morgan fingerprint density at radius 1 is 1.13 bits per heavy atom. The molecule has 0 fully saturated rings. The average molecular weight is 489 g/mol. The van der Waals surface area contributed by atoms with E-state index in [0.29, 0.717) is 22.2 Å². The second-order valence-electron chi connectivity index (χ2n) is 6.89. The maximum Gasteiger partial charge on any atom is 0.320 e. The Bertz CT molecular complexity index is 787. The fourth-order valence-electron chi connectivity index (χ4n) is 2.41. The summed E-state index contributed by atoms with van der Waals surface area (Å²) in [6.07, 6.45) is 4.88. The van der Waals surface area contributed by atoms with E-state index < -0.39 is 12.0 Å². The standard InChI is InChI=1S/C19H23Cl2N3O2S.2C2H6/c1-19(2,6-8-27-7-5-15(22)18(25)26)17-11-23-16(10-24-17)13-4-3-12(20)9-14(13)21;2*1-2/h3-4,9-11,15H,5-8,22H2,1-2H3,(H,25,26);2*1-2H3. The number of nitrogens with two attached hydrogens (primary N) is 1. The number of hydrogen-bond acceptors (Lipinski definition) is 5. The number of rotatable bonds is 9. The topological polar surface area (TPSA) is 89.1 Å². The summed E-state index contributed by atoms with van der Waals surface area (Å²) in [5.41, 5.74) is 7.77. The number of benzene rings is 1. The van der Waals surface area contributed by atoms with Gasteiger partial charge in [-0.25, -0.2) is 0 Å². The second kappa shape index (κ2) is 15.5. The first-order chi connectivity index (χ1) is 14.7. The van der Waals surface area contributed by atoms with E-state index in [0.717, 1.165) is 29.2 Å². The van der Waals surface area contributed by atoms with Gasteiger partial charge in [-0.15, -0.1) is 0 Å². The first-order valence-corrected chi connectivity index (χ1v) is 12.5. The number of nitrogens with zero attached hydrogens (tertiary/aromatic N) is 2. The van der Waals surface area contributed by atoms with Gasteiger partial charge in [-0.1, -0.05) is 64.7 Å². The van der Waals surface area contributed by atoms with E-state index in [9.17, 15) is 4.79 Å². The molecule has 2 rings (SSSR count). The minimum atomic E-state index is -0.952. The molecule has 0 radical (unpaired) electrons. The first kappa shape index (κ1) is 29.7. The van der Waals surface area contributed by atoms with E-state index >= 15 is 0 Å². The predicted octanol–water partition coefficient (Wildman–Crippen LogP) is 6.71. The maximum absolute atomic E-state index is 10.7. The van der Waals surface area contributed by atoms with Crippen LogP contribution in [0.2, 0.25) is 10.0 Å². The van der Waals surface area contributed by atoms with Crippen LogP contribution in [0.25, 0.3) is 11.3 Å². The Morgan fingerprint density at radius 2 is 1.77 bits per heavy atom. The molecule has 0 saturated carbocycles. The number of thioether (sulfide) groups is 1. The molecule has 1 atom stereocenters. The summed E-state index contributed by atoms with van der Waals surface area (Å²) >= 11 is 13.9. The van der Waals surface area contributed by atoms with Crippen molar-refractivity contribution in [2.75, 3.05) is 11.5 Å². The van der Waals surface area contributed by atoms with Crippen LogP contribution in [0.5, 0.6) is 0 Å². The lowest BCUT2D eigenvalue weighted by atomic mass is 9.86. The van der Waals surface area contributed by atoms with Crippen molar-refractivity contribution in [3.05, 3.63) is 46.3 Å². The first-order valence-electron chi connectivity index (χ1n) is 10.5. The van der Waals surface area contributed by atoms with Crippen molar-refractivity contribution in [2.45, 2.75) is 65.8 Å². The molecular weight excluding hydrogens is 453 g/mol. The summed E-state index contributed by atoms with van der Waals surface area (Å²) in [5, 5.41) is 9.91. The molecule has 1 aromatic carbocycles. The number of carboxylic acids is 1. The van der Waals surface area contributed by atoms with Gasteiger partial charge in [0.25, 0.3) is 0 Å². The van der Waals surface area contributed by atoms with Crippen LogP contribution in [-0.2, 0) is 10.2 Å². The Hall–Kier alpha value is -1.34. The fraction of sp³-hybridized carbons (Fsp3) is 0.522. The molecule has 8 heteroatoms. The highest BCUT2D eigenvalue weighted by atomic mass is 35.5. The fourth-order valence-corrected chi connectivity index (χ4v) is 4.19. The molecule has 0 aliphatic carbocycles. The highest BCUT2D eigenvalue weighted by molar-refractivity contribution is 7.99. The van der Waals surface area contributed by atoms with Gasteiger partial charge in [0.1, 0.15) is 6.04 Å². The number of hydrogen-bond donors (Lipinski definition) is 2. The third-order valence-corrected chi connectivity index (χ3v) is 5.88. The molecule has 0 amide bonds. The van der Waals surface area contributed by atoms with Crippen molar-refractivity contribution in [3.8, 4) is 11.3 Å². The maximum atomic E-state index is 10.7. The minimum absolute atomic E-state index is 0.142. The average Bonchev–Trinajstić information content (AvgIpc) is 2.76. The molecular formula is C23H35Cl2N3O2S. The smallest absolute Gasteiger partial charge is 0.320 e. The molecule has 1 heterocycles. The second-order valence-corrected chi connectivity index (χ2v) is 8.96. The number of halogens is 2. The SMILES string of the molecule is CC.CC.CC(C)(CCSCCC(N)C(=O)O)c1cnc(-c2ccc(Cl)cc2Cl)cn1. The van der Waals surface area contributed by atoms with Crippen LogP contribution >= 0.6 is 35.0 Å². The van der Waals surface area contributed by atoms with Gasteiger partial charge in [-0.2, -0.15) is 11.8 Å². The number of aromatic nitrogens is 2. The predicted molar refractivity (Wildman–Crippen MR) is 135 cm³/mol. The van der Waals surface area contributed by atoms with Crippen LogP contribution in [-0.4, -0.2) is 38.6 Å². The molecule has 31 heavy (non-hydrogen) atoms. The van der Waals surface area contributed by atoms with E-state index in [1.807, 2.05) is 33.8 Å². The van der Waals surface area contributed by atoms with Gasteiger partial charge < -0.3 is 10.8 Å². The summed E-state index contributed by atoms with van der Waals surface area (Å²) in [6.45, 7) is 12.2. The van der Waals surface area contributed by atoms with Gasteiger partial charge in [0.15, 0.2) is 0 Å². The Balaban J connectivity index is 0.00000212. The van der Waals surface area contributed by atoms with Crippen LogP contribution in [0.4, 0.5) is 0 Å². The molecule has 3 N–H and O–H groups in total. The van der Waals surface area contributed by atoms with Crippen molar-refractivity contribution in [3.63, 3.8) is 0 Å². The lowest BCUT2D eigenvalue weighted by Crippen LogP contribution is -2.30. The summed E-state index contributed by atoms with van der Waals surface area (Å²) in [7, 11) is 0. The lowest BCUT2D eigenvalue weighted by Gasteiger charge is -2.23. The lowest BCUT2D eigenvalue weighted by molar-refractivity contribution is -0.138. The monoisotopic (exact) mass is 487 g/mol. The Kier molecular flexibility index (Phi) is 14.8. The summed E-state index contributed by atoms with van der Waals surface area (Å²) in [4.78, 5) is 19.8. The van der Waals surface area contributed by atoms with E-state index in [-0.39, 0.29) is 5.41 Å². The van der Waals surface area contributed by atoms with Gasteiger partial charge in [0.2, 0.25) is 0 Å². The zero-order chi connectivity index (χ0) is 24.0. The Labute approximate surface area is 201 Å². The third kappa shape index (κ3) is 10.2. The zero-order valence-electron chi connectivity index (χ0n) is 19.3. The van der Waals surface area contributed by atoms with Crippen molar-refractivity contribution < 1.29 is 9.90 Å². The van der Waals surface area contributed by atoms with Crippen LogP contribution in [0.15, 0.2) is 30.6 Å². The van der Waals surface area contributed by atoms with Crippen LogP contribution in [0.3, 0.4) is 0 Å². The van der Waals surface area contributed by atoms with Gasteiger partial charge in [0, 0.05) is 22.2 Å². The van der Waals surface area contributed by atoms with Gasteiger partial charge in [-0.3, -0.25) is 14.8 Å². The zero-order valence-corrected chi connectivity index (χ0v) is 21.6. The van der Waals surface area contributed by atoms with Gasteiger partial charge in [0.05, 0.1) is 22.6 Å². The van der Waals surface area contributed by atoms with Crippen molar-refractivity contribution >= 4 is 40.9 Å². The van der Waals surface area contributed by atoms with Crippen LogP contribution in [0.1, 0.15) is 60.1 Å². The van der Waals surface area contributed by atoms with Crippen molar-refractivity contribution in [2.24, 2.45) is 5.73 Å². The van der Waals surface area contributed by atoms with Crippen LogP contribution in [0, 0.1) is 0 Å². The molecule has 174 valence electrons. The molecule has 0 aliphatic heterocycles. The van der Waals surface area contributed by atoms with E-state index in [1.165, 1.54) is 0 Å².